The van der Waals surface area contributed by atoms with Crippen LogP contribution in [0.15, 0.2) is 49.1 Å². The van der Waals surface area contributed by atoms with E-state index in [1.54, 1.807) is 6.20 Å². The van der Waals surface area contributed by atoms with Crippen molar-refractivity contribution in [1.82, 2.24) is 14.9 Å². The van der Waals surface area contributed by atoms with Crippen LogP contribution >= 0.6 is 0 Å². The van der Waals surface area contributed by atoms with Gasteiger partial charge in [-0.1, -0.05) is 6.07 Å². The van der Waals surface area contributed by atoms with Crippen LogP contribution in [0.25, 0.3) is 0 Å². The molecule has 5 heteroatoms. The van der Waals surface area contributed by atoms with Gasteiger partial charge in [0.2, 0.25) is 0 Å². The summed E-state index contributed by atoms with van der Waals surface area (Å²) in [5.41, 5.74) is 2.44. The van der Waals surface area contributed by atoms with Crippen LogP contribution in [-0.4, -0.2) is 46.3 Å². The Morgan fingerprint density at radius 1 is 1.04 bits per heavy atom. The van der Waals surface area contributed by atoms with Gasteiger partial charge in [-0.2, -0.15) is 0 Å². The van der Waals surface area contributed by atoms with Crippen molar-refractivity contribution in [3.8, 4) is 0 Å². The second-order valence-electron chi connectivity index (χ2n) is 6.93. The minimum atomic E-state index is 0.221. The number of hydrogen-bond donors (Lipinski definition) is 0. The Morgan fingerprint density at radius 2 is 1.96 bits per heavy atom. The van der Waals surface area contributed by atoms with Crippen LogP contribution in [0.5, 0.6) is 0 Å². The van der Waals surface area contributed by atoms with Crippen LogP contribution in [0.4, 0.5) is 0 Å². The van der Waals surface area contributed by atoms with Crippen LogP contribution in [-0.2, 0) is 22.6 Å². The van der Waals surface area contributed by atoms with E-state index in [-0.39, 0.29) is 6.10 Å². The molecule has 2 aromatic heterocycles. The molecule has 132 valence electrons. The third-order valence-electron chi connectivity index (χ3n) is 5.18. The summed E-state index contributed by atoms with van der Waals surface area (Å²) in [6, 6.07) is 8.73. The van der Waals surface area contributed by atoms with E-state index in [0.717, 1.165) is 31.5 Å². The number of fused-ring (bicyclic) bond motifs is 1. The standard InChI is InChI=1S/C20H25N3O2/c1-2-17(12-22-8-1)14-24-15-18-3-4-19-20(25-18)7-11-23(19)13-16-5-9-21-10-6-16/h1-2,5-6,8-10,12,18-20H,3-4,7,11,13-15H2/t18-,19-,20-/m0/s1. The first-order valence-electron chi connectivity index (χ1n) is 9.13. The van der Waals surface area contributed by atoms with Crippen molar-refractivity contribution in [2.24, 2.45) is 0 Å². The largest absolute Gasteiger partial charge is 0.374 e. The number of hydrogen-bond acceptors (Lipinski definition) is 5. The summed E-state index contributed by atoms with van der Waals surface area (Å²) in [5, 5.41) is 0. The highest BCUT2D eigenvalue weighted by Gasteiger charge is 2.39. The van der Waals surface area contributed by atoms with Gasteiger partial charge in [-0.05, 0) is 48.6 Å². The predicted octanol–water partition coefficient (Wildman–Crippen LogP) is 2.82. The zero-order valence-electron chi connectivity index (χ0n) is 14.5. The summed E-state index contributed by atoms with van der Waals surface area (Å²) >= 11 is 0. The monoisotopic (exact) mass is 339 g/mol. The number of rotatable bonds is 6. The van der Waals surface area contributed by atoms with Crippen molar-refractivity contribution >= 4 is 0 Å². The molecular formula is C20H25N3O2. The summed E-state index contributed by atoms with van der Waals surface area (Å²) in [6.07, 6.45) is 11.3. The molecule has 0 N–H and O–H groups in total. The lowest BCUT2D eigenvalue weighted by molar-refractivity contribution is -0.102. The highest BCUT2D eigenvalue weighted by Crippen LogP contribution is 2.32. The molecule has 0 unspecified atom stereocenters. The van der Waals surface area contributed by atoms with Gasteiger partial charge < -0.3 is 9.47 Å². The van der Waals surface area contributed by atoms with E-state index in [2.05, 4.69) is 27.0 Å². The molecule has 0 amide bonds. The number of nitrogens with zero attached hydrogens (tertiary/aromatic N) is 3. The normalized spacial score (nSPS) is 26.5. The van der Waals surface area contributed by atoms with Gasteiger partial charge in [-0.25, -0.2) is 0 Å². The average Bonchev–Trinajstić information content (AvgIpc) is 3.06. The molecule has 0 spiro atoms. The maximum atomic E-state index is 6.32. The number of pyridine rings is 2. The van der Waals surface area contributed by atoms with E-state index in [1.165, 1.54) is 12.0 Å². The van der Waals surface area contributed by atoms with Crippen molar-refractivity contribution in [3.63, 3.8) is 0 Å². The fraction of sp³-hybridized carbons (Fsp3) is 0.500. The van der Waals surface area contributed by atoms with Gasteiger partial charge in [-0.3, -0.25) is 14.9 Å². The minimum Gasteiger partial charge on any atom is -0.374 e. The van der Waals surface area contributed by atoms with Gasteiger partial charge in [-0.15, -0.1) is 0 Å². The van der Waals surface area contributed by atoms with Crippen molar-refractivity contribution < 1.29 is 9.47 Å². The average molecular weight is 339 g/mol. The van der Waals surface area contributed by atoms with Crippen LogP contribution in [0, 0.1) is 0 Å². The molecule has 2 aliphatic heterocycles. The summed E-state index contributed by atoms with van der Waals surface area (Å²) in [7, 11) is 0. The Balaban J connectivity index is 1.24. The zero-order valence-corrected chi connectivity index (χ0v) is 14.5. The van der Waals surface area contributed by atoms with E-state index in [9.17, 15) is 0 Å². The van der Waals surface area contributed by atoms with Gasteiger partial charge in [0, 0.05) is 43.9 Å². The fourth-order valence-corrected chi connectivity index (χ4v) is 3.92. The van der Waals surface area contributed by atoms with E-state index in [4.69, 9.17) is 9.47 Å². The van der Waals surface area contributed by atoms with E-state index in [1.807, 2.05) is 30.7 Å². The molecular weight excluding hydrogens is 314 g/mol. The Morgan fingerprint density at radius 3 is 2.80 bits per heavy atom. The minimum absolute atomic E-state index is 0.221. The lowest BCUT2D eigenvalue weighted by Gasteiger charge is -2.36. The molecule has 0 radical (unpaired) electrons. The lowest BCUT2D eigenvalue weighted by Crippen LogP contribution is -2.43. The first kappa shape index (κ1) is 16.6. The van der Waals surface area contributed by atoms with Crippen LogP contribution in [0.3, 0.4) is 0 Å². The van der Waals surface area contributed by atoms with Gasteiger partial charge in [0.1, 0.15) is 0 Å². The number of aromatic nitrogens is 2. The molecule has 0 aromatic carbocycles. The highest BCUT2D eigenvalue weighted by molar-refractivity contribution is 5.10. The third kappa shape index (κ3) is 4.24. The first-order chi connectivity index (χ1) is 12.4. The van der Waals surface area contributed by atoms with Crippen molar-refractivity contribution in [2.45, 2.75) is 50.7 Å². The third-order valence-corrected chi connectivity index (χ3v) is 5.18. The molecule has 25 heavy (non-hydrogen) atoms. The van der Waals surface area contributed by atoms with Gasteiger partial charge in [0.15, 0.2) is 0 Å². The van der Waals surface area contributed by atoms with E-state index < -0.39 is 0 Å². The first-order valence-corrected chi connectivity index (χ1v) is 9.13. The van der Waals surface area contributed by atoms with Crippen molar-refractivity contribution in [2.75, 3.05) is 13.2 Å². The molecule has 2 fully saturated rings. The van der Waals surface area contributed by atoms with Gasteiger partial charge in [0.05, 0.1) is 25.4 Å². The molecule has 2 saturated heterocycles. The van der Waals surface area contributed by atoms with Crippen LogP contribution in [0.2, 0.25) is 0 Å². The Bertz CT molecular complexity index is 653. The predicted molar refractivity (Wildman–Crippen MR) is 94.8 cm³/mol. The van der Waals surface area contributed by atoms with Crippen LogP contribution < -0.4 is 0 Å². The molecule has 2 aliphatic rings. The Labute approximate surface area is 149 Å². The van der Waals surface area contributed by atoms with Crippen LogP contribution in [0.1, 0.15) is 30.4 Å². The van der Waals surface area contributed by atoms with Crippen molar-refractivity contribution in [3.05, 3.63) is 60.2 Å². The zero-order chi connectivity index (χ0) is 16.9. The molecule has 0 bridgehead atoms. The quantitative estimate of drug-likeness (QED) is 0.810. The maximum absolute atomic E-state index is 6.32. The Hall–Kier alpha value is -1.82. The summed E-state index contributed by atoms with van der Waals surface area (Å²) in [6.45, 7) is 3.38. The molecule has 3 atom stereocenters. The SMILES string of the molecule is c1cncc(COC[C@@H]2CC[C@H]3[C@H](CCN3Cc3ccncc3)O2)c1. The van der Waals surface area contributed by atoms with E-state index in [0.29, 0.717) is 25.4 Å². The van der Waals surface area contributed by atoms with Gasteiger partial charge >= 0.3 is 0 Å². The molecule has 4 rings (SSSR count). The topological polar surface area (TPSA) is 47.5 Å². The maximum Gasteiger partial charge on any atom is 0.0813 e. The lowest BCUT2D eigenvalue weighted by atomic mass is 9.99. The summed E-state index contributed by atoms with van der Waals surface area (Å²) < 4.78 is 12.2. The summed E-state index contributed by atoms with van der Waals surface area (Å²) in [5.74, 6) is 0. The molecule has 0 aliphatic carbocycles. The van der Waals surface area contributed by atoms with Gasteiger partial charge in [0.25, 0.3) is 0 Å². The van der Waals surface area contributed by atoms with E-state index >= 15 is 0 Å². The highest BCUT2D eigenvalue weighted by atomic mass is 16.5. The second kappa shape index (κ2) is 8.04. The molecule has 5 nitrogen and oxygen atoms in total. The summed E-state index contributed by atoms with van der Waals surface area (Å²) in [4.78, 5) is 10.8. The molecule has 0 saturated carbocycles. The smallest absolute Gasteiger partial charge is 0.0813 e. The number of ether oxygens (including phenoxy) is 2. The van der Waals surface area contributed by atoms with Crippen molar-refractivity contribution in [1.29, 1.82) is 0 Å². The fourth-order valence-electron chi connectivity index (χ4n) is 3.92. The Kier molecular flexibility index (Phi) is 5.35. The second-order valence-corrected chi connectivity index (χ2v) is 6.93. The molecule has 2 aromatic rings. The molecule has 4 heterocycles. The number of likely N-dealkylation sites (tertiary alicyclic amines) is 1.